The van der Waals surface area contributed by atoms with Crippen LogP contribution in [0.1, 0.15) is 34.7 Å². The predicted octanol–water partition coefficient (Wildman–Crippen LogP) is 2.29. The summed E-state index contributed by atoms with van der Waals surface area (Å²) in [4.78, 5) is 24.8. The summed E-state index contributed by atoms with van der Waals surface area (Å²) in [6, 6.07) is 15.2. The second kappa shape index (κ2) is 8.35. The minimum atomic E-state index is -0.141. The lowest BCUT2D eigenvalue weighted by molar-refractivity contribution is 0.0951. The monoisotopic (exact) mass is 376 g/mol. The molecule has 1 aromatic heterocycles. The summed E-state index contributed by atoms with van der Waals surface area (Å²) < 4.78 is 1.39. The van der Waals surface area contributed by atoms with Crippen LogP contribution in [-0.2, 0) is 6.54 Å². The number of carbonyl (C=O) groups is 1. The molecule has 1 fully saturated rings. The van der Waals surface area contributed by atoms with Crippen LogP contribution in [0.15, 0.2) is 59.5 Å². The highest BCUT2D eigenvalue weighted by Gasteiger charge is 2.15. The Morgan fingerprint density at radius 1 is 1.18 bits per heavy atom. The van der Waals surface area contributed by atoms with Gasteiger partial charge in [-0.05, 0) is 49.1 Å². The Hall–Kier alpha value is -2.99. The third-order valence-electron chi connectivity index (χ3n) is 5.31. The maximum Gasteiger partial charge on any atom is 0.274 e. The zero-order chi connectivity index (χ0) is 19.3. The van der Waals surface area contributed by atoms with Gasteiger partial charge in [-0.15, -0.1) is 0 Å². The van der Waals surface area contributed by atoms with Gasteiger partial charge >= 0.3 is 0 Å². The molecule has 0 bridgehead atoms. The lowest BCUT2D eigenvalue weighted by Gasteiger charge is -2.23. The summed E-state index contributed by atoms with van der Waals surface area (Å²) in [5.41, 5.74) is 1.76. The lowest BCUT2D eigenvalue weighted by atomic mass is 9.91. The molecule has 2 aromatic carbocycles. The van der Waals surface area contributed by atoms with Crippen LogP contribution in [0.2, 0.25) is 0 Å². The van der Waals surface area contributed by atoms with Crippen molar-refractivity contribution in [3.8, 4) is 0 Å². The van der Waals surface area contributed by atoms with Crippen molar-refractivity contribution in [2.75, 3.05) is 19.6 Å². The van der Waals surface area contributed by atoms with Gasteiger partial charge in [-0.3, -0.25) is 9.59 Å². The third-order valence-corrected chi connectivity index (χ3v) is 5.31. The number of amides is 1. The van der Waals surface area contributed by atoms with E-state index in [1.165, 1.54) is 23.1 Å². The van der Waals surface area contributed by atoms with Gasteiger partial charge in [0.2, 0.25) is 0 Å². The number of benzene rings is 2. The third kappa shape index (κ3) is 3.97. The molecule has 1 aliphatic rings. The number of carbonyl (C=O) groups excluding carboxylic acids is 1. The molecule has 6 nitrogen and oxygen atoms in total. The fourth-order valence-corrected chi connectivity index (χ4v) is 3.71. The fourth-order valence-electron chi connectivity index (χ4n) is 3.71. The quantitative estimate of drug-likeness (QED) is 0.716. The standard InChI is InChI=1S/C22H24N4O2/c27-21(17-9-7-16(8-10-17)18-5-3-11-23-14-18)24-12-13-26-22(28)20-6-2-1-4-19(20)15-25-26/h1-2,4,6-10,15,18,23H,3,5,11-14H2,(H,24,27)/t18-/m1/s1. The van der Waals surface area contributed by atoms with Gasteiger partial charge in [0.25, 0.3) is 11.5 Å². The largest absolute Gasteiger partial charge is 0.350 e. The Morgan fingerprint density at radius 3 is 2.79 bits per heavy atom. The van der Waals surface area contributed by atoms with Crippen LogP contribution in [-0.4, -0.2) is 35.3 Å². The van der Waals surface area contributed by atoms with E-state index in [0.717, 1.165) is 18.5 Å². The molecule has 0 radical (unpaired) electrons. The molecule has 0 unspecified atom stereocenters. The van der Waals surface area contributed by atoms with E-state index in [4.69, 9.17) is 0 Å². The summed E-state index contributed by atoms with van der Waals surface area (Å²) in [5, 5.41) is 11.9. The number of fused-ring (bicyclic) bond motifs is 1. The Morgan fingerprint density at radius 2 is 2.00 bits per heavy atom. The van der Waals surface area contributed by atoms with Gasteiger partial charge in [0.1, 0.15) is 0 Å². The Bertz CT molecular complexity index is 1020. The first-order valence-electron chi connectivity index (χ1n) is 9.76. The topological polar surface area (TPSA) is 76.0 Å². The molecule has 0 spiro atoms. The number of hydrogen-bond donors (Lipinski definition) is 2. The van der Waals surface area contributed by atoms with Crippen molar-refractivity contribution in [3.05, 3.63) is 76.2 Å². The molecule has 1 aliphatic heterocycles. The van der Waals surface area contributed by atoms with Gasteiger partial charge in [0.15, 0.2) is 0 Å². The van der Waals surface area contributed by atoms with Crippen molar-refractivity contribution < 1.29 is 4.79 Å². The number of piperidine rings is 1. The minimum absolute atomic E-state index is 0.137. The average molecular weight is 376 g/mol. The molecule has 2 N–H and O–H groups in total. The number of rotatable bonds is 5. The molecule has 6 heteroatoms. The van der Waals surface area contributed by atoms with Gasteiger partial charge in [0.05, 0.1) is 18.1 Å². The van der Waals surface area contributed by atoms with Crippen LogP contribution in [0.3, 0.4) is 0 Å². The highest BCUT2D eigenvalue weighted by Crippen LogP contribution is 2.23. The molecule has 0 aliphatic carbocycles. The molecule has 1 amide bonds. The van der Waals surface area contributed by atoms with E-state index in [1.807, 2.05) is 42.5 Å². The number of aromatic nitrogens is 2. The van der Waals surface area contributed by atoms with E-state index < -0.39 is 0 Å². The lowest BCUT2D eigenvalue weighted by Crippen LogP contribution is -2.32. The number of nitrogens with zero attached hydrogens (tertiary/aromatic N) is 2. The predicted molar refractivity (Wildman–Crippen MR) is 110 cm³/mol. The maximum absolute atomic E-state index is 12.4. The zero-order valence-corrected chi connectivity index (χ0v) is 15.7. The smallest absolute Gasteiger partial charge is 0.274 e. The molecule has 0 saturated carbocycles. The molecule has 1 saturated heterocycles. The second-order valence-electron chi connectivity index (χ2n) is 7.18. The molecular weight excluding hydrogens is 352 g/mol. The minimum Gasteiger partial charge on any atom is -0.350 e. The summed E-state index contributed by atoms with van der Waals surface area (Å²) >= 11 is 0. The molecular formula is C22H24N4O2. The van der Waals surface area contributed by atoms with Crippen LogP contribution in [0.5, 0.6) is 0 Å². The first kappa shape index (κ1) is 18.4. The van der Waals surface area contributed by atoms with E-state index >= 15 is 0 Å². The van der Waals surface area contributed by atoms with Crippen molar-refractivity contribution in [2.24, 2.45) is 0 Å². The van der Waals surface area contributed by atoms with Crippen LogP contribution < -0.4 is 16.2 Å². The maximum atomic E-state index is 12.4. The van der Waals surface area contributed by atoms with Crippen LogP contribution in [0.25, 0.3) is 10.8 Å². The Labute approximate surface area is 163 Å². The van der Waals surface area contributed by atoms with E-state index in [0.29, 0.717) is 30.0 Å². The normalized spacial score (nSPS) is 16.8. The van der Waals surface area contributed by atoms with Crippen molar-refractivity contribution >= 4 is 16.7 Å². The van der Waals surface area contributed by atoms with Gasteiger partial charge in [0, 0.05) is 24.0 Å². The SMILES string of the molecule is O=C(NCCn1ncc2ccccc2c1=O)c1ccc([C@@H]2CCCNC2)cc1. The van der Waals surface area contributed by atoms with Crippen molar-refractivity contribution in [1.29, 1.82) is 0 Å². The average Bonchev–Trinajstić information content (AvgIpc) is 2.76. The highest BCUT2D eigenvalue weighted by molar-refractivity contribution is 5.94. The van der Waals surface area contributed by atoms with Gasteiger partial charge in [-0.25, -0.2) is 4.68 Å². The molecule has 2 heterocycles. The van der Waals surface area contributed by atoms with Gasteiger partial charge in [-0.1, -0.05) is 30.3 Å². The number of nitrogens with one attached hydrogen (secondary N) is 2. The molecule has 28 heavy (non-hydrogen) atoms. The van der Waals surface area contributed by atoms with Crippen molar-refractivity contribution in [2.45, 2.75) is 25.3 Å². The Balaban J connectivity index is 1.35. The summed E-state index contributed by atoms with van der Waals surface area (Å²) in [5.74, 6) is 0.388. The zero-order valence-electron chi connectivity index (χ0n) is 15.7. The van der Waals surface area contributed by atoms with E-state index in [1.54, 1.807) is 12.3 Å². The van der Waals surface area contributed by atoms with E-state index in [9.17, 15) is 9.59 Å². The first-order chi connectivity index (χ1) is 13.7. The second-order valence-corrected chi connectivity index (χ2v) is 7.18. The fraction of sp³-hybridized carbons (Fsp3) is 0.318. The van der Waals surface area contributed by atoms with Gasteiger partial charge in [-0.2, -0.15) is 5.10 Å². The van der Waals surface area contributed by atoms with Gasteiger partial charge < -0.3 is 10.6 Å². The molecule has 144 valence electrons. The van der Waals surface area contributed by atoms with Crippen LogP contribution in [0, 0.1) is 0 Å². The molecule has 3 aromatic rings. The van der Waals surface area contributed by atoms with Crippen molar-refractivity contribution in [3.63, 3.8) is 0 Å². The molecule has 1 atom stereocenters. The summed E-state index contributed by atoms with van der Waals surface area (Å²) in [6.45, 7) is 2.77. The highest BCUT2D eigenvalue weighted by atomic mass is 16.2. The summed E-state index contributed by atoms with van der Waals surface area (Å²) in [6.07, 6.45) is 4.05. The van der Waals surface area contributed by atoms with Crippen LogP contribution in [0.4, 0.5) is 0 Å². The Kier molecular flexibility index (Phi) is 5.48. The first-order valence-corrected chi connectivity index (χ1v) is 9.76. The van der Waals surface area contributed by atoms with Crippen LogP contribution >= 0.6 is 0 Å². The van der Waals surface area contributed by atoms with E-state index in [-0.39, 0.29) is 11.5 Å². The summed E-state index contributed by atoms with van der Waals surface area (Å²) in [7, 11) is 0. The van der Waals surface area contributed by atoms with E-state index in [2.05, 4.69) is 15.7 Å². The number of hydrogen-bond acceptors (Lipinski definition) is 4. The van der Waals surface area contributed by atoms with Crippen molar-refractivity contribution in [1.82, 2.24) is 20.4 Å². The molecule has 4 rings (SSSR count).